The lowest BCUT2D eigenvalue weighted by molar-refractivity contribution is -0.138. The van der Waals surface area contributed by atoms with Gasteiger partial charge in [-0.25, -0.2) is 4.98 Å². The molecule has 0 radical (unpaired) electrons. The zero-order valence-corrected chi connectivity index (χ0v) is 8.58. The number of aliphatic carboxylic acids is 1. The van der Waals surface area contributed by atoms with Crippen LogP contribution in [0.5, 0.6) is 0 Å². The lowest BCUT2D eigenvalue weighted by Gasteiger charge is -1.91. The maximum absolute atomic E-state index is 10.6. The second-order valence-electron chi connectivity index (χ2n) is 3.39. The van der Waals surface area contributed by atoms with Gasteiger partial charge in [0.1, 0.15) is 5.01 Å². The van der Waals surface area contributed by atoms with Gasteiger partial charge < -0.3 is 9.84 Å². The van der Waals surface area contributed by atoms with E-state index in [2.05, 4.69) is 4.98 Å². The molecule has 0 aliphatic heterocycles. The normalized spacial score (nSPS) is 24.9. The Balaban J connectivity index is 2.01. The van der Waals surface area contributed by atoms with Crippen molar-refractivity contribution in [2.45, 2.75) is 18.9 Å². The molecular formula is C9H11NO3S. The quantitative estimate of drug-likeness (QED) is 0.823. The summed E-state index contributed by atoms with van der Waals surface area (Å²) in [4.78, 5) is 15.0. The second-order valence-corrected chi connectivity index (χ2v) is 4.33. The molecule has 1 aliphatic rings. The van der Waals surface area contributed by atoms with Gasteiger partial charge in [0.05, 0.1) is 18.2 Å². The molecule has 1 N–H and O–H groups in total. The van der Waals surface area contributed by atoms with Gasteiger partial charge in [0, 0.05) is 18.4 Å². The van der Waals surface area contributed by atoms with Crippen molar-refractivity contribution in [1.29, 1.82) is 0 Å². The van der Waals surface area contributed by atoms with Gasteiger partial charge in [-0.15, -0.1) is 11.3 Å². The molecule has 1 aromatic rings. The fraction of sp³-hybridized carbons (Fsp3) is 0.556. The number of nitrogens with zero attached hydrogens (tertiary/aromatic N) is 1. The molecule has 0 spiro atoms. The molecule has 0 bridgehead atoms. The zero-order valence-electron chi connectivity index (χ0n) is 7.77. The number of hydrogen-bond acceptors (Lipinski definition) is 4. The van der Waals surface area contributed by atoms with Gasteiger partial charge in [-0.3, -0.25) is 4.79 Å². The van der Waals surface area contributed by atoms with Crippen LogP contribution < -0.4 is 0 Å². The number of hydrogen-bond donors (Lipinski definition) is 1. The van der Waals surface area contributed by atoms with Crippen LogP contribution in [0.2, 0.25) is 0 Å². The Morgan fingerprint density at radius 3 is 3.21 bits per heavy atom. The highest BCUT2D eigenvalue weighted by molar-refractivity contribution is 7.09. The Kier molecular flexibility index (Phi) is 2.52. The average Bonchev–Trinajstić information content (AvgIpc) is 2.82. The molecule has 1 aliphatic carbocycles. The number of carboxylic acid groups (broad SMARTS) is 1. The minimum Gasteiger partial charge on any atom is -0.481 e. The van der Waals surface area contributed by atoms with Gasteiger partial charge in [0.15, 0.2) is 0 Å². The predicted molar refractivity (Wildman–Crippen MR) is 51.3 cm³/mol. The Hall–Kier alpha value is -0.940. The van der Waals surface area contributed by atoms with E-state index in [9.17, 15) is 4.79 Å². The molecule has 2 atom stereocenters. The third-order valence-corrected chi connectivity index (χ3v) is 3.17. The maximum atomic E-state index is 10.6. The number of aromatic nitrogens is 1. The molecule has 0 amide bonds. The molecule has 2 unspecified atom stereocenters. The molecule has 76 valence electrons. The van der Waals surface area contributed by atoms with Gasteiger partial charge in [-0.05, 0) is 6.42 Å². The minimum atomic E-state index is -0.712. The van der Waals surface area contributed by atoms with Gasteiger partial charge in [0.25, 0.3) is 0 Å². The third-order valence-electron chi connectivity index (χ3n) is 2.32. The summed E-state index contributed by atoms with van der Waals surface area (Å²) >= 11 is 1.53. The average molecular weight is 213 g/mol. The summed E-state index contributed by atoms with van der Waals surface area (Å²) in [6.45, 7) is 0.509. The first-order valence-corrected chi connectivity index (χ1v) is 5.26. The Bertz CT molecular complexity index is 350. The van der Waals surface area contributed by atoms with Crippen LogP contribution in [0.4, 0.5) is 0 Å². The highest BCUT2D eigenvalue weighted by Crippen LogP contribution is 2.47. The Morgan fingerprint density at radius 2 is 2.64 bits per heavy atom. The van der Waals surface area contributed by atoms with Crippen LogP contribution in [-0.2, 0) is 16.1 Å². The smallest absolute Gasteiger partial charge is 0.307 e. The fourth-order valence-corrected chi connectivity index (χ4v) is 2.31. The van der Waals surface area contributed by atoms with Crippen molar-refractivity contribution in [1.82, 2.24) is 4.98 Å². The summed E-state index contributed by atoms with van der Waals surface area (Å²) in [5, 5.41) is 11.6. The molecule has 0 aromatic carbocycles. The molecule has 0 saturated heterocycles. The number of ether oxygens (including phenoxy) is 1. The van der Waals surface area contributed by atoms with Gasteiger partial charge in [0.2, 0.25) is 0 Å². The summed E-state index contributed by atoms with van der Waals surface area (Å²) in [7, 11) is 1.62. The van der Waals surface area contributed by atoms with E-state index in [1.807, 2.05) is 5.38 Å². The summed E-state index contributed by atoms with van der Waals surface area (Å²) in [6, 6.07) is 0. The van der Waals surface area contributed by atoms with Crippen molar-refractivity contribution in [2.75, 3.05) is 7.11 Å². The molecular weight excluding hydrogens is 202 g/mol. The summed E-state index contributed by atoms with van der Waals surface area (Å²) < 4.78 is 4.95. The van der Waals surface area contributed by atoms with Gasteiger partial charge in [-0.2, -0.15) is 0 Å². The summed E-state index contributed by atoms with van der Waals surface area (Å²) in [5.41, 5.74) is 0.912. The number of rotatable bonds is 4. The Labute approximate surface area is 85.5 Å². The van der Waals surface area contributed by atoms with Crippen LogP contribution in [0.25, 0.3) is 0 Å². The zero-order chi connectivity index (χ0) is 10.1. The molecule has 1 aromatic heterocycles. The lowest BCUT2D eigenvalue weighted by atomic mass is 10.2. The van der Waals surface area contributed by atoms with Gasteiger partial charge in [-0.1, -0.05) is 0 Å². The van der Waals surface area contributed by atoms with E-state index >= 15 is 0 Å². The molecule has 1 fully saturated rings. The van der Waals surface area contributed by atoms with E-state index in [-0.39, 0.29) is 11.8 Å². The number of thiazole rings is 1. The van der Waals surface area contributed by atoms with E-state index in [0.717, 1.165) is 17.1 Å². The number of methoxy groups -OCH3 is 1. The number of carboxylic acids is 1. The van der Waals surface area contributed by atoms with E-state index in [1.54, 1.807) is 7.11 Å². The van der Waals surface area contributed by atoms with Crippen molar-refractivity contribution >= 4 is 17.3 Å². The summed E-state index contributed by atoms with van der Waals surface area (Å²) in [5.74, 6) is -0.793. The van der Waals surface area contributed by atoms with Crippen molar-refractivity contribution in [3.8, 4) is 0 Å². The van der Waals surface area contributed by atoms with Crippen LogP contribution in [-0.4, -0.2) is 23.2 Å². The van der Waals surface area contributed by atoms with Crippen molar-refractivity contribution < 1.29 is 14.6 Å². The van der Waals surface area contributed by atoms with E-state index in [1.165, 1.54) is 11.3 Å². The first-order valence-electron chi connectivity index (χ1n) is 4.38. The van der Waals surface area contributed by atoms with Crippen LogP contribution in [0, 0.1) is 5.92 Å². The second kappa shape index (κ2) is 3.67. The maximum Gasteiger partial charge on any atom is 0.307 e. The van der Waals surface area contributed by atoms with E-state index < -0.39 is 5.97 Å². The highest BCUT2D eigenvalue weighted by Gasteiger charge is 2.45. The van der Waals surface area contributed by atoms with Crippen LogP contribution in [0.3, 0.4) is 0 Å². The first kappa shape index (κ1) is 9.61. The fourth-order valence-electron chi connectivity index (χ4n) is 1.48. The molecule has 1 saturated carbocycles. The predicted octanol–water partition coefficient (Wildman–Crippen LogP) is 1.48. The minimum absolute atomic E-state index is 0.134. The summed E-state index contributed by atoms with van der Waals surface area (Å²) in [6.07, 6.45) is 0.728. The first-order chi connectivity index (χ1) is 6.72. The Morgan fingerprint density at radius 1 is 1.86 bits per heavy atom. The van der Waals surface area contributed by atoms with Crippen LogP contribution >= 0.6 is 11.3 Å². The van der Waals surface area contributed by atoms with Crippen LogP contribution in [0.15, 0.2) is 5.38 Å². The largest absolute Gasteiger partial charge is 0.481 e. The van der Waals surface area contributed by atoms with E-state index in [4.69, 9.17) is 9.84 Å². The number of carbonyl (C=O) groups is 1. The van der Waals surface area contributed by atoms with Crippen molar-refractivity contribution in [3.05, 3.63) is 16.1 Å². The molecule has 14 heavy (non-hydrogen) atoms. The third kappa shape index (κ3) is 1.78. The van der Waals surface area contributed by atoms with Crippen molar-refractivity contribution in [3.63, 3.8) is 0 Å². The lowest BCUT2D eigenvalue weighted by Crippen LogP contribution is -1.99. The molecule has 5 heteroatoms. The SMILES string of the molecule is COCc1nc(C2CC2C(=O)O)cs1. The van der Waals surface area contributed by atoms with Crippen LogP contribution in [0.1, 0.15) is 23.0 Å². The molecule has 1 heterocycles. The topological polar surface area (TPSA) is 59.4 Å². The van der Waals surface area contributed by atoms with Gasteiger partial charge >= 0.3 is 5.97 Å². The highest BCUT2D eigenvalue weighted by atomic mass is 32.1. The molecule has 4 nitrogen and oxygen atoms in total. The van der Waals surface area contributed by atoms with Crippen molar-refractivity contribution in [2.24, 2.45) is 5.92 Å². The standard InChI is InChI=1S/C9H11NO3S/c1-13-3-8-10-7(4-14-8)5-2-6(5)9(11)12/h4-6H,2-3H2,1H3,(H,11,12). The monoisotopic (exact) mass is 213 g/mol. The van der Waals surface area contributed by atoms with E-state index in [0.29, 0.717) is 6.61 Å². The molecule has 2 rings (SSSR count).